The van der Waals surface area contributed by atoms with Gasteiger partial charge in [0.2, 0.25) is 0 Å². The monoisotopic (exact) mass is 227 g/mol. The Kier molecular flexibility index (Phi) is 3.67. The molecule has 1 saturated carbocycles. The average molecular weight is 227 g/mol. The summed E-state index contributed by atoms with van der Waals surface area (Å²) in [6.45, 7) is 7.27. The van der Waals surface area contributed by atoms with Crippen molar-refractivity contribution in [3.8, 4) is 0 Å². The van der Waals surface area contributed by atoms with E-state index in [1.54, 1.807) is 0 Å². The van der Waals surface area contributed by atoms with Crippen molar-refractivity contribution in [1.82, 2.24) is 4.90 Å². The van der Waals surface area contributed by atoms with Gasteiger partial charge in [-0.1, -0.05) is 6.42 Å². The maximum Gasteiger partial charge on any atom is 0.00385 e. The molecule has 15 heavy (non-hydrogen) atoms. The van der Waals surface area contributed by atoms with Crippen molar-refractivity contribution in [1.29, 1.82) is 0 Å². The number of thiol groups is 1. The fourth-order valence-corrected chi connectivity index (χ4v) is 3.96. The summed E-state index contributed by atoms with van der Waals surface area (Å²) in [7, 11) is 0. The van der Waals surface area contributed by atoms with Crippen LogP contribution in [0, 0.1) is 5.41 Å². The summed E-state index contributed by atoms with van der Waals surface area (Å²) in [5.41, 5.74) is 0.677. The van der Waals surface area contributed by atoms with Gasteiger partial charge in [-0.25, -0.2) is 0 Å². The summed E-state index contributed by atoms with van der Waals surface area (Å²) >= 11 is 4.70. The molecule has 1 nitrogen and oxygen atoms in total. The summed E-state index contributed by atoms with van der Waals surface area (Å²) < 4.78 is 0. The zero-order valence-electron chi connectivity index (χ0n) is 10.2. The minimum absolute atomic E-state index is 0.677. The SMILES string of the molecule is CC(C)N1CCC2(CCCC(S)C2)CC1. The summed E-state index contributed by atoms with van der Waals surface area (Å²) in [5.74, 6) is 0. The van der Waals surface area contributed by atoms with Gasteiger partial charge < -0.3 is 4.90 Å². The minimum Gasteiger partial charge on any atom is -0.301 e. The van der Waals surface area contributed by atoms with Crippen molar-refractivity contribution in [2.75, 3.05) is 13.1 Å². The van der Waals surface area contributed by atoms with Crippen LogP contribution in [0.1, 0.15) is 52.4 Å². The predicted molar refractivity (Wildman–Crippen MR) is 69.6 cm³/mol. The molecule has 2 fully saturated rings. The molecule has 1 aliphatic heterocycles. The quantitative estimate of drug-likeness (QED) is 0.672. The smallest absolute Gasteiger partial charge is 0.00385 e. The Morgan fingerprint density at radius 3 is 2.40 bits per heavy atom. The first kappa shape index (κ1) is 11.8. The van der Waals surface area contributed by atoms with Crippen LogP contribution >= 0.6 is 12.6 Å². The molecule has 2 heteroatoms. The number of piperidine rings is 1. The van der Waals surface area contributed by atoms with Crippen LogP contribution in [-0.2, 0) is 0 Å². The molecular weight excluding hydrogens is 202 g/mol. The van der Waals surface area contributed by atoms with E-state index in [4.69, 9.17) is 12.6 Å². The minimum atomic E-state index is 0.677. The molecule has 1 saturated heterocycles. The van der Waals surface area contributed by atoms with Crippen LogP contribution in [0.15, 0.2) is 0 Å². The van der Waals surface area contributed by atoms with Crippen molar-refractivity contribution in [3.63, 3.8) is 0 Å². The number of likely N-dealkylation sites (tertiary alicyclic amines) is 1. The maximum atomic E-state index is 4.70. The van der Waals surface area contributed by atoms with Gasteiger partial charge in [-0.15, -0.1) is 0 Å². The zero-order chi connectivity index (χ0) is 10.9. The molecule has 1 aliphatic carbocycles. The van der Waals surface area contributed by atoms with Gasteiger partial charge in [0, 0.05) is 11.3 Å². The second-order valence-corrected chi connectivity index (χ2v) is 6.61. The first-order chi connectivity index (χ1) is 7.11. The van der Waals surface area contributed by atoms with Crippen LogP contribution in [0.3, 0.4) is 0 Å². The molecule has 1 unspecified atom stereocenters. The van der Waals surface area contributed by atoms with E-state index in [0.717, 1.165) is 6.04 Å². The van der Waals surface area contributed by atoms with Crippen LogP contribution in [0.4, 0.5) is 0 Å². The molecule has 1 atom stereocenters. The first-order valence-corrected chi connectivity index (χ1v) is 7.05. The molecule has 0 aromatic rings. The molecule has 0 N–H and O–H groups in total. The van der Waals surface area contributed by atoms with Gasteiger partial charge in [0.25, 0.3) is 0 Å². The fourth-order valence-electron chi connectivity index (χ4n) is 3.39. The summed E-state index contributed by atoms with van der Waals surface area (Å²) in [6.07, 6.45) is 8.44. The third-order valence-electron chi connectivity index (χ3n) is 4.50. The van der Waals surface area contributed by atoms with Gasteiger partial charge in [-0.05, 0) is 64.5 Å². The van der Waals surface area contributed by atoms with Gasteiger partial charge in [0.05, 0.1) is 0 Å². The van der Waals surface area contributed by atoms with Crippen molar-refractivity contribution >= 4 is 12.6 Å². The van der Waals surface area contributed by atoms with E-state index in [-0.39, 0.29) is 0 Å². The van der Waals surface area contributed by atoms with Gasteiger partial charge >= 0.3 is 0 Å². The molecule has 0 aromatic heterocycles. The highest BCUT2D eigenvalue weighted by atomic mass is 32.1. The molecule has 2 rings (SSSR count). The maximum absolute atomic E-state index is 4.70. The molecule has 0 bridgehead atoms. The van der Waals surface area contributed by atoms with Gasteiger partial charge in [-0.2, -0.15) is 12.6 Å². The predicted octanol–water partition coefficient (Wildman–Crippen LogP) is 3.35. The molecule has 0 amide bonds. The molecule has 0 aromatic carbocycles. The molecule has 1 spiro atoms. The highest BCUT2D eigenvalue weighted by Crippen LogP contribution is 2.46. The number of nitrogens with zero attached hydrogens (tertiary/aromatic N) is 1. The molecule has 88 valence electrons. The molecule has 0 radical (unpaired) electrons. The largest absolute Gasteiger partial charge is 0.301 e. The first-order valence-electron chi connectivity index (χ1n) is 6.53. The van der Waals surface area contributed by atoms with Crippen LogP contribution in [0.25, 0.3) is 0 Å². The fraction of sp³-hybridized carbons (Fsp3) is 1.00. The van der Waals surface area contributed by atoms with E-state index in [1.807, 2.05) is 0 Å². The third-order valence-corrected chi connectivity index (χ3v) is 4.94. The number of hydrogen-bond donors (Lipinski definition) is 1. The topological polar surface area (TPSA) is 3.24 Å². The van der Waals surface area contributed by atoms with Crippen molar-refractivity contribution in [2.24, 2.45) is 5.41 Å². The van der Waals surface area contributed by atoms with E-state index < -0.39 is 0 Å². The lowest BCUT2D eigenvalue weighted by Gasteiger charge is -2.46. The summed E-state index contributed by atoms with van der Waals surface area (Å²) in [5, 5.41) is 0.685. The van der Waals surface area contributed by atoms with Crippen LogP contribution in [-0.4, -0.2) is 29.3 Å². The van der Waals surface area contributed by atoms with E-state index in [0.29, 0.717) is 10.7 Å². The molecule has 1 heterocycles. The average Bonchev–Trinajstić information content (AvgIpc) is 2.18. The Morgan fingerprint density at radius 1 is 1.20 bits per heavy atom. The Morgan fingerprint density at radius 2 is 1.87 bits per heavy atom. The lowest BCUT2D eigenvalue weighted by atomic mass is 9.68. The van der Waals surface area contributed by atoms with Crippen LogP contribution in [0.5, 0.6) is 0 Å². The van der Waals surface area contributed by atoms with Gasteiger partial charge in [0.15, 0.2) is 0 Å². The zero-order valence-corrected chi connectivity index (χ0v) is 11.1. The highest BCUT2D eigenvalue weighted by Gasteiger charge is 2.38. The Labute approximate surface area is 100 Å². The Bertz CT molecular complexity index is 207. The summed E-state index contributed by atoms with van der Waals surface area (Å²) in [4.78, 5) is 2.63. The van der Waals surface area contributed by atoms with Crippen LogP contribution in [0.2, 0.25) is 0 Å². The van der Waals surface area contributed by atoms with Crippen molar-refractivity contribution < 1.29 is 0 Å². The second-order valence-electron chi connectivity index (χ2n) is 5.88. The van der Waals surface area contributed by atoms with E-state index >= 15 is 0 Å². The highest BCUT2D eigenvalue weighted by molar-refractivity contribution is 7.80. The van der Waals surface area contributed by atoms with Crippen LogP contribution < -0.4 is 0 Å². The van der Waals surface area contributed by atoms with E-state index in [9.17, 15) is 0 Å². The third kappa shape index (κ3) is 2.71. The van der Waals surface area contributed by atoms with Gasteiger partial charge in [0.1, 0.15) is 0 Å². The van der Waals surface area contributed by atoms with Gasteiger partial charge in [-0.3, -0.25) is 0 Å². The normalized spacial score (nSPS) is 32.4. The molecular formula is C13H25NS. The number of rotatable bonds is 1. The van der Waals surface area contributed by atoms with Crippen molar-refractivity contribution in [3.05, 3.63) is 0 Å². The summed E-state index contributed by atoms with van der Waals surface area (Å²) in [6, 6.07) is 0.734. The Hall–Kier alpha value is 0.310. The second kappa shape index (κ2) is 4.67. The number of hydrogen-bond acceptors (Lipinski definition) is 2. The van der Waals surface area contributed by atoms with E-state index in [2.05, 4.69) is 18.7 Å². The lowest BCUT2D eigenvalue weighted by Crippen LogP contribution is -2.45. The standard InChI is InChI=1S/C13H25NS/c1-11(2)14-8-6-13(7-9-14)5-3-4-12(15)10-13/h11-12,15H,3-10H2,1-2H3. The Balaban J connectivity index is 1.90. The molecule has 2 aliphatic rings. The lowest BCUT2D eigenvalue weighted by molar-refractivity contribution is 0.0551. The van der Waals surface area contributed by atoms with E-state index in [1.165, 1.54) is 51.6 Å². The van der Waals surface area contributed by atoms with Crippen molar-refractivity contribution in [2.45, 2.75) is 63.7 Å².